The van der Waals surface area contributed by atoms with Gasteiger partial charge >= 0.3 is 5.97 Å². The first-order valence-electron chi connectivity index (χ1n) is 4.83. The third-order valence-corrected chi connectivity index (χ3v) is 2.32. The van der Waals surface area contributed by atoms with Crippen LogP contribution in [0.4, 0.5) is 0 Å². The molecule has 0 spiro atoms. The third kappa shape index (κ3) is 3.47. The second kappa shape index (κ2) is 5.78. The minimum absolute atomic E-state index is 0.105. The Morgan fingerprint density at radius 3 is 2.86 bits per heavy atom. The molecule has 2 unspecified atom stereocenters. The van der Waals surface area contributed by atoms with Crippen LogP contribution in [0.3, 0.4) is 0 Å². The Morgan fingerprint density at radius 1 is 1.50 bits per heavy atom. The summed E-state index contributed by atoms with van der Waals surface area (Å²) in [6.07, 6.45) is 4.14. The largest absolute Gasteiger partial charge is 0.435 e. The predicted octanol–water partition coefficient (Wildman–Crippen LogP) is 0.993. The molecular weight excluding hydrogens is 184 g/mol. The fourth-order valence-corrected chi connectivity index (χ4v) is 1.51. The van der Waals surface area contributed by atoms with Crippen LogP contribution in [0.25, 0.3) is 0 Å². The lowest BCUT2D eigenvalue weighted by atomic mass is 9.95. The zero-order valence-corrected chi connectivity index (χ0v) is 8.15. The smallest absolute Gasteiger partial charge is 0.332 e. The van der Waals surface area contributed by atoms with E-state index in [-0.39, 0.29) is 12.9 Å². The van der Waals surface area contributed by atoms with Gasteiger partial charge in [-0.2, -0.15) is 0 Å². The summed E-state index contributed by atoms with van der Waals surface area (Å²) in [4.78, 5) is 10.7. The van der Waals surface area contributed by atoms with Gasteiger partial charge in [-0.05, 0) is 12.8 Å². The normalized spacial score (nSPS) is 26.9. The Balaban J connectivity index is 2.16. The predicted molar refractivity (Wildman–Crippen MR) is 50.5 cm³/mol. The van der Waals surface area contributed by atoms with Gasteiger partial charge < -0.3 is 14.6 Å². The lowest BCUT2D eigenvalue weighted by Crippen LogP contribution is -2.33. The van der Waals surface area contributed by atoms with Crippen molar-refractivity contribution in [2.75, 3.05) is 6.79 Å². The topological polar surface area (TPSA) is 55.8 Å². The minimum Gasteiger partial charge on any atom is -0.435 e. The lowest BCUT2D eigenvalue weighted by molar-refractivity contribution is -0.164. The first-order chi connectivity index (χ1) is 6.74. The van der Waals surface area contributed by atoms with Gasteiger partial charge in [0, 0.05) is 6.08 Å². The van der Waals surface area contributed by atoms with Crippen molar-refractivity contribution in [3.05, 3.63) is 12.7 Å². The highest BCUT2D eigenvalue weighted by molar-refractivity contribution is 5.81. The Labute approximate surface area is 83.5 Å². The van der Waals surface area contributed by atoms with Crippen molar-refractivity contribution in [2.24, 2.45) is 0 Å². The maximum absolute atomic E-state index is 10.7. The number of carbonyl (C=O) groups excluding carboxylic acids is 1. The van der Waals surface area contributed by atoms with E-state index in [4.69, 9.17) is 4.74 Å². The van der Waals surface area contributed by atoms with Crippen LogP contribution >= 0.6 is 0 Å². The molecule has 1 aliphatic rings. The Morgan fingerprint density at radius 2 is 2.21 bits per heavy atom. The van der Waals surface area contributed by atoms with E-state index < -0.39 is 12.1 Å². The molecule has 14 heavy (non-hydrogen) atoms. The van der Waals surface area contributed by atoms with Crippen molar-refractivity contribution in [1.82, 2.24) is 0 Å². The molecule has 0 bridgehead atoms. The first kappa shape index (κ1) is 11.2. The number of hydrogen-bond donors (Lipinski definition) is 1. The van der Waals surface area contributed by atoms with Gasteiger partial charge in [0.05, 0.1) is 12.2 Å². The molecule has 4 heteroatoms. The van der Waals surface area contributed by atoms with E-state index in [1.807, 2.05) is 0 Å². The summed E-state index contributed by atoms with van der Waals surface area (Å²) in [5.74, 6) is -0.504. The van der Waals surface area contributed by atoms with Gasteiger partial charge in [0.2, 0.25) is 0 Å². The van der Waals surface area contributed by atoms with Gasteiger partial charge in [0.25, 0.3) is 0 Å². The summed E-state index contributed by atoms with van der Waals surface area (Å²) in [5.41, 5.74) is 0. The molecule has 0 aromatic rings. The average molecular weight is 200 g/mol. The minimum atomic E-state index is -0.504. The highest BCUT2D eigenvalue weighted by atomic mass is 16.7. The van der Waals surface area contributed by atoms with E-state index in [0.29, 0.717) is 0 Å². The molecule has 1 aliphatic carbocycles. The molecule has 1 fully saturated rings. The van der Waals surface area contributed by atoms with Crippen molar-refractivity contribution >= 4 is 5.97 Å². The van der Waals surface area contributed by atoms with Gasteiger partial charge in [0.15, 0.2) is 6.79 Å². The number of rotatable bonds is 4. The van der Waals surface area contributed by atoms with Crippen molar-refractivity contribution in [1.29, 1.82) is 0 Å². The van der Waals surface area contributed by atoms with Crippen LogP contribution in [0.1, 0.15) is 25.7 Å². The summed E-state index contributed by atoms with van der Waals surface area (Å²) >= 11 is 0. The number of hydrogen-bond acceptors (Lipinski definition) is 4. The molecule has 0 aromatic heterocycles. The van der Waals surface area contributed by atoms with E-state index in [1.165, 1.54) is 0 Å². The van der Waals surface area contributed by atoms with Crippen molar-refractivity contribution in [3.8, 4) is 0 Å². The van der Waals surface area contributed by atoms with Gasteiger partial charge in [-0.25, -0.2) is 4.79 Å². The van der Waals surface area contributed by atoms with Crippen LogP contribution < -0.4 is 0 Å². The molecular formula is C10H16O4. The van der Waals surface area contributed by atoms with Crippen LogP contribution in [0.2, 0.25) is 0 Å². The maximum atomic E-state index is 10.7. The Bertz CT molecular complexity index is 202. The molecule has 0 radical (unpaired) electrons. The van der Waals surface area contributed by atoms with Crippen LogP contribution in [0, 0.1) is 0 Å². The van der Waals surface area contributed by atoms with Crippen LogP contribution in [-0.2, 0) is 14.3 Å². The van der Waals surface area contributed by atoms with Crippen molar-refractivity contribution in [3.63, 3.8) is 0 Å². The number of aliphatic hydroxyl groups is 1. The second-order valence-electron chi connectivity index (χ2n) is 3.34. The van der Waals surface area contributed by atoms with Crippen LogP contribution in [0.15, 0.2) is 12.7 Å². The van der Waals surface area contributed by atoms with Crippen molar-refractivity contribution < 1.29 is 19.4 Å². The monoisotopic (exact) mass is 200 g/mol. The number of aliphatic hydroxyl groups excluding tert-OH is 1. The van der Waals surface area contributed by atoms with E-state index in [2.05, 4.69) is 11.3 Å². The second-order valence-corrected chi connectivity index (χ2v) is 3.34. The summed E-state index contributed by atoms with van der Waals surface area (Å²) in [6, 6.07) is 0. The summed E-state index contributed by atoms with van der Waals surface area (Å²) < 4.78 is 9.88. The molecule has 0 aliphatic heterocycles. The van der Waals surface area contributed by atoms with Gasteiger partial charge in [-0.15, -0.1) is 0 Å². The van der Waals surface area contributed by atoms with Gasteiger partial charge in [0.1, 0.15) is 0 Å². The quantitative estimate of drug-likeness (QED) is 0.418. The molecule has 2 atom stereocenters. The van der Waals surface area contributed by atoms with E-state index in [0.717, 1.165) is 31.8 Å². The Hall–Kier alpha value is -0.870. The average Bonchev–Trinajstić information content (AvgIpc) is 2.20. The summed E-state index contributed by atoms with van der Waals surface area (Å²) in [5, 5.41) is 9.51. The molecule has 0 amide bonds. The van der Waals surface area contributed by atoms with Gasteiger partial charge in [-0.3, -0.25) is 0 Å². The first-order valence-corrected chi connectivity index (χ1v) is 4.83. The van der Waals surface area contributed by atoms with Crippen LogP contribution in [-0.4, -0.2) is 30.1 Å². The van der Waals surface area contributed by atoms with Crippen LogP contribution in [0.5, 0.6) is 0 Å². The zero-order valence-electron chi connectivity index (χ0n) is 8.15. The molecule has 1 saturated carbocycles. The molecule has 1 N–H and O–H groups in total. The number of carbonyl (C=O) groups is 1. The number of ether oxygens (including phenoxy) is 2. The molecule has 80 valence electrons. The fraction of sp³-hybridized carbons (Fsp3) is 0.700. The standard InChI is InChI=1S/C10H16O4/c1-2-10(12)14-7-13-9-6-4-3-5-8(9)11/h2,8-9,11H,1,3-7H2. The third-order valence-electron chi connectivity index (χ3n) is 2.32. The highest BCUT2D eigenvalue weighted by Crippen LogP contribution is 2.20. The SMILES string of the molecule is C=CC(=O)OCOC1CCCCC1O. The van der Waals surface area contributed by atoms with Gasteiger partial charge in [-0.1, -0.05) is 19.4 Å². The molecule has 4 nitrogen and oxygen atoms in total. The lowest BCUT2D eigenvalue weighted by Gasteiger charge is -2.27. The molecule has 0 aromatic carbocycles. The summed E-state index contributed by atoms with van der Waals surface area (Å²) in [6.45, 7) is 3.16. The Kier molecular flexibility index (Phi) is 4.62. The molecule has 0 heterocycles. The van der Waals surface area contributed by atoms with Crippen molar-refractivity contribution in [2.45, 2.75) is 37.9 Å². The van der Waals surface area contributed by atoms with E-state index in [1.54, 1.807) is 0 Å². The number of esters is 1. The molecule has 1 rings (SSSR count). The fourth-order valence-electron chi connectivity index (χ4n) is 1.51. The summed E-state index contributed by atoms with van der Waals surface area (Å²) in [7, 11) is 0. The zero-order chi connectivity index (χ0) is 10.4. The highest BCUT2D eigenvalue weighted by Gasteiger charge is 2.23. The molecule has 0 saturated heterocycles. The maximum Gasteiger partial charge on any atom is 0.332 e. The van der Waals surface area contributed by atoms with E-state index in [9.17, 15) is 9.90 Å². The van der Waals surface area contributed by atoms with E-state index >= 15 is 0 Å².